The monoisotopic (exact) mass is 353 g/mol. The van der Waals surface area contributed by atoms with E-state index >= 15 is 0 Å². The molecule has 0 aliphatic carbocycles. The van der Waals surface area contributed by atoms with Crippen LogP contribution in [0.15, 0.2) is 40.9 Å². The number of sulfonamides is 1. The first-order valence-corrected chi connectivity index (χ1v) is 8.80. The minimum Gasteiger partial charge on any atom is -0.395 e. The van der Waals surface area contributed by atoms with E-state index in [9.17, 15) is 18.0 Å². The van der Waals surface area contributed by atoms with Gasteiger partial charge in [0.25, 0.3) is 11.8 Å². The number of hydrogen-bond acceptors (Lipinski definition) is 6. The van der Waals surface area contributed by atoms with Crippen LogP contribution in [0.1, 0.15) is 13.8 Å². The zero-order valence-corrected chi connectivity index (χ0v) is 14.1. The van der Waals surface area contributed by atoms with Gasteiger partial charge in [0.15, 0.2) is 0 Å². The number of rotatable bonds is 7. The molecule has 1 aromatic carbocycles. The number of imide groups is 1. The molecule has 0 unspecified atom stereocenters. The quantitative estimate of drug-likeness (QED) is 0.596. The van der Waals surface area contributed by atoms with Gasteiger partial charge in [-0.2, -0.15) is 0 Å². The van der Waals surface area contributed by atoms with Crippen LogP contribution in [-0.2, 0) is 19.6 Å². The Bertz CT molecular complexity index is 786. The number of hydrogen-bond donors (Lipinski definition) is 3. The maximum atomic E-state index is 12.2. The molecule has 2 amide bonds. The molecule has 0 fully saturated rings. The van der Waals surface area contributed by atoms with Crippen LogP contribution < -0.4 is 10.0 Å². The second kappa shape index (κ2) is 7.12. The average molecular weight is 353 g/mol. The van der Waals surface area contributed by atoms with E-state index < -0.39 is 21.8 Å². The van der Waals surface area contributed by atoms with E-state index in [1.807, 2.05) is 0 Å². The fraction of sp³-hybridized carbons (Fsp3) is 0.333. The van der Waals surface area contributed by atoms with Gasteiger partial charge in [-0.25, -0.2) is 13.1 Å². The van der Waals surface area contributed by atoms with Crippen molar-refractivity contribution in [3.05, 3.63) is 36.0 Å². The maximum absolute atomic E-state index is 12.2. The second-order valence-electron chi connectivity index (χ2n) is 5.51. The molecule has 1 heterocycles. The molecule has 0 aromatic heterocycles. The van der Waals surface area contributed by atoms with Gasteiger partial charge < -0.3 is 10.4 Å². The predicted molar refractivity (Wildman–Crippen MR) is 87.4 cm³/mol. The molecule has 2 rings (SSSR count). The highest BCUT2D eigenvalue weighted by atomic mass is 32.2. The summed E-state index contributed by atoms with van der Waals surface area (Å²) in [7, 11) is -3.66. The molecule has 0 spiro atoms. The molecule has 0 saturated heterocycles. The van der Waals surface area contributed by atoms with E-state index in [2.05, 4.69) is 10.0 Å². The van der Waals surface area contributed by atoms with Crippen LogP contribution >= 0.6 is 0 Å². The van der Waals surface area contributed by atoms with Crippen molar-refractivity contribution in [3.8, 4) is 0 Å². The van der Waals surface area contributed by atoms with Gasteiger partial charge in [-0.15, -0.1) is 0 Å². The van der Waals surface area contributed by atoms with E-state index in [0.717, 1.165) is 11.0 Å². The SMILES string of the molecule is CC(C)NS(=O)(=O)c1cccc(NC2=CC(=O)N(CCO)C2=O)c1. The Hall–Kier alpha value is -2.23. The third kappa shape index (κ3) is 3.99. The van der Waals surface area contributed by atoms with Crippen LogP contribution in [0, 0.1) is 0 Å². The molecule has 3 N–H and O–H groups in total. The fourth-order valence-electron chi connectivity index (χ4n) is 2.18. The molecule has 8 nitrogen and oxygen atoms in total. The fourth-order valence-corrected chi connectivity index (χ4v) is 3.48. The van der Waals surface area contributed by atoms with E-state index in [1.165, 1.54) is 18.2 Å². The highest BCUT2D eigenvalue weighted by molar-refractivity contribution is 7.89. The molecule has 130 valence electrons. The molecule has 0 atom stereocenters. The number of aliphatic hydroxyl groups is 1. The van der Waals surface area contributed by atoms with Crippen LogP contribution in [0.25, 0.3) is 0 Å². The molecule has 0 radical (unpaired) electrons. The van der Waals surface area contributed by atoms with E-state index in [4.69, 9.17) is 5.11 Å². The number of β-amino-alcohol motifs (C(OH)–C–C–N with tert-alkyl or cyclic N) is 1. The molecule has 1 aromatic rings. The molecule has 0 saturated carbocycles. The summed E-state index contributed by atoms with van der Waals surface area (Å²) >= 11 is 0. The highest BCUT2D eigenvalue weighted by Gasteiger charge is 2.30. The lowest BCUT2D eigenvalue weighted by Crippen LogP contribution is -2.34. The third-order valence-corrected chi connectivity index (χ3v) is 4.80. The Kier molecular flexibility index (Phi) is 5.37. The van der Waals surface area contributed by atoms with Gasteiger partial charge in [-0.1, -0.05) is 6.07 Å². The summed E-state index contributed by atoms with van der Waals surface area (Å²) in [6.07, 6.45) is 1.12. The second-order valence-corrected chi connectivity index (χ2v) is 7.22. The average Bonchev–Trinajstić information content (AvgIpc) is 2.74. The molecule has 1 aliphatic heterocycles. The summed E-state index contributed by atoms with van der Waals surface area (Å²) in [6.45, 7) is 3.01. The van der Waals surface area contributed by atoms with Crippen molar-refractivity contribution < 1.29 is 23.1 Å². The number of carbonyl (C=O) groups excluding carboxylic acids is 2. The lowest BCUT2D eigenvalue weighted by Gasteiger charge is -2.14. The first kappa shape index (κ1) is 18.1. The number of amides is 2. The molecular formula is C15H19N3O5S. The van der Waals surface area contributed by atoms with Crippen molar-refractivity contribution in [3.63, 3.8) is 0 Å². The Balaban J connectivity index is 2.21. The van der Waals surface area contributed by atoms with Crippen LogP contribution in [-0.4, -0.2) is 49.4 Å². The Labute approximate surface area is 140 Å². The van der Waals surface area contributed by atoms with Crippen LogP contribution in [0.5, 0.6) is 0 Å². The van der Waals surface area contributed by atoms with Gasteiger partial charge in [-0.3, -0.25) is 14.5 Å². The molecule has 0 bridgehead atoms. The molecular weight excluding hydrogens is 334 g/mol. The summed E-state index contributed by atoms with van der Waals surface area (Å²) in [6, 6.07) is 5.67. The van der Waals surface area contributed by atoms with Crippen LogP contribution in [0.3, 0.4) is 0 Å². The Morgan fingerprint density at radius 2 is 1.96 bits per heavy atom. The predicted octanol–water partition coefficient (Wildman–Crippen LogP) is 0.0302. The van der Waals surface area contributed by atoms with Crippen molar-refractivity contribution in [1.82, 2.24) is 9.62 Å². The van der Waals surface area contributed by atoms with Crippen molar-refractivity contribution in [2.45, 2.75) is 24.8 Å². The zero-order chi connectivity index (χ0) is 17.9. The summed E-state index contributed by atoms with van der Waals surface area (Å²) in [5.74, 6) is -1.09. The van der Waals surface area contributed by atoms with Gasteiger partial charge in [0.05, 0.1) is 18.0 Å². The van der Waals surface area contributed by atoms with E-state index in [1.54, 1.807) is 19.9 Å². The lowest BCUT2D eigenvalue weighted by molar-refractivity contribution is -0.137. The van der Waals surface area contributed by atoms with Gasteiger partial charge in [0.1, 0.15) is 5.70 Å². The summed E-state index contributed by atoms with van der Waals surface area (Å²) in [5.41, 5.74) is 0.389. The summed E-state index contributed by atoms with van der Waals surface area (Å²) < 4.78 is 26.8. The standard InChI is InChI=1S/C15H19N3O5S/c1-10(2)17-24(22,23)12-5-3-4-11(8-12)16-13-9-14(20)18(6-7-19)15(13)21/h3-5,8-10,16-17,19H,6-7H2,1-2H3. The molecule has 1 aliphatic rings. The summed E-state index contributed by atoms with van der Waals surface area (Å²) in [5, 5.41) is 11.6. The van der Waals surface area contributed by atoms with Crippen molar-refractivity contribution >= 4 is 27.5 Å². The lowest BCUT2D eigenvalue weighted by atomic mass is 10.3. The number of nitrogens with one attached hydrogen (secondary N) is 2. The van der Waals surface area contributed by atoms with Crippen LogP contribution in [0.4, 0.5) is 5.69 Å². The minimum absolute atomic E-state index is 0.0276. The first-order valence-electron chi connectivity index (χ1n) is 7.32. The first-order chi connectivity index (χ1) is 11.2. The largest absolute Gasteiger partial charge is 0.395 e. The minimum atomic E-state index is -3.66. The number of anilines is 1. The number of benzene rings is 1. The van der Waals surface area contributed by atoms with E-state index in [-0.39, 0.29) is 29.8 Å². The summed E-state index contributed by atoms with van der Waals surface area (Å²) in [4.78, 5) is 24.7. The van der Waals surface area contributed by atoms with Crippen molar-refractivity contribution in [1.29, 1.82) is 0 Å². The van der Waals surface area contributed by atoms with Gasteiger partial charge in [-0.05, 0) is 32.0 Å². The molecule has 9 heteroatoms. The van der Waals surface area contributed by atoms with Gasteiger partial charge in [0, 0.05) is 17.8 Å². The van der Waals surface area contributed by atoms with Crippen molar-refractivity contribution in [2.24, 2.45) is 0 Å². The zero-order valence-electron chi connectivity index (χ0n) is 13.3. The normalized spacial score (nSPS) is 15.2. The third-order valence-electron chi connectivity index (χ3n) is 3.15. The van der Waals surface area contributed by atoms with Crippen LogP contribution in [0.2, 0.25) is 0 Å². The number of nitrogens with zero attached hydrogens (tertiary/aromatic N) is 1. The topological polar surface area (TPSA) is 116 Å². The Morgan fingerprint density at radius 3 is 2.58 bits per heavy atom. The van der Waals surface area contributed by atoms with Gasteiger partial charge in [0.2, 0.25) is 10.0 Å². The van der Waals surface area contributed by atoms with Gasteiger partial charge >= 0.3 is 0 Å². The molecule has 24 heavy (non-hydrogen) atoms. The highest BCUT2D eigenvalue weighted by Crippen LogP contribution is 2.20. The maximum Gasteiger partial charge on any atom is 0.277 e. The van der Waals surface area contributed by atoms with E-state index in [0.29, 0.717) is 5.69 Å². The number of carbonyl (C=O) groups is 2. The smallest absolute Gasteiger partial charge is 0.277 e. The van der Waals surface area contributed by atoms with Crippen molar-refractivity contribution in [2.75, 3.05) is 18.5 Å². The Morgan fingerprint density at radius 1 is 1.25 bits per heavy atom. The number of aliphatic hydroxyl groups excluding tert-OH is 1.